The van der Waals surface area contributed by atoms with E-state index in [2.05, 4.69) is 6.92 Å². The van der Waals surface area contributed by atoms with Gasteiger partial charge in [0.05, 0.1) is 6.54 Å². The minimum atomic E-state index is -3.65. The second-order valence-corrected chi connectivity index (χ2v) is 9.61. The zero-order valence-electron chi connectivity index (χ0n) is 15.1. The Hall–Kier alpha value is -1.15. The van der Waals surface area contributed by atoms with Gasteiger partial charge in [-0.3, -0.25) is 4.79 Å². The molecule has 2 aliphatic heterocycles. The predicted octanol–water partition coefficient (Wildman–Crippen LogP) is 2.35. The Morgan fingerprint density at radius 2 is 1.96 bits per heavy atom. The number of hydrogen-bond donors (Lipinski definition) is 0. The van der Waals surface area contributed by atoms with Gasteiger partial charge in [-0.05, 0) is 42.9 Å². The lowest BCUT2D eigenvalue weighted by atomic mass is 10.0. The van der Waals surface area contributed by atoms with Crippen molar-refractivity contribution < 1.29 is 13.2 Å². The number of benzene rings is 1. The fraction of sp³-hybridized carbons (Fsp3) is 0.611. The average molecular weight is 400 g/mol. The number of likely N-dealkylation sites (tertiary alicyclic amines) is 1. The summed E-state index contributed by atoms with van der Waals surface area (Å²) in [5.41, 5.74) is 0.846. The van der Waals surface area contributed by atoms with E-state index in [1.54, 1.807) is 17.0 Å². The smallest absolute Gasteiger partial charge is 0.282 e. The van der Waals surface area contributed by atoms with Gasteiger partial charge in [0, 0.05) is 37.7 Å². The molecule has 2 aliphatic rings. The minimum Gasteiger partial charge on any atom is -0.341 e. The first kappa shape index (κ1) is 19.6. The molecule has 0 radical (unpaired) electrons. The number of halogens is 1. The summed E-state index contributed by atoms with van der Waals surface area (Å²) < 4.78 is 28.6. The summed E-state index contributed by atoms with van der Waals surface area (Å²) in [6.45, 7) is 4.63. The first-order valence-corrected chi connectivity index (χ1v) is 10.9. The molecule has 1 aromatic rings. The molecule has 2 saturated heterocycles. The predicted molar refractivity (Wildman–Crippen MR) is 102 cm³/mol. The third kappa shape index (κ3) is 4.57. The van der Waals surface area contributed by atoms with Crippen LogP contribution in [0.4, 0.5) is 0 Å². The number of nitrogens with zero attached hydrogens (tertiary/aromatic N) is 3. The van der Waals surface area contributed by atoms with Crippen LogP contribution >= 0.6 is 11.6 Å². The van der Waals surface area contributed by atoms with Gasteiger partial charge >= 0.3 is 0 Å². The number of carbonyl (C=O) groups is 1. The lowest BCUT2D eigenvalue weighted by molar-refractivity contribution is -0.133. The van der Waals surface area contributed by atoms with Crippen molar-refractivity contribution in [2.45, 2.75) is 32.7 Å². The summed E-state index contributed by atoms with van der Waals surface area (Å²) in [4.78, 5) is 14.4. The Labute approximate surface area is 160 Å². The molecular weight excluding hydrogens is 374 g/mol. The van der Waals surface area contributed by atoms with Crippen LogP contribution in [0, 0.1) is 5.92 Å². The molecule has 0 bridgehead atoms. The fourth-order valence-corrected chi connectivity index (χ4v) is 5.49. The third-order valence-corrected chi connectivity index (χ3v) is 7.20. The van der Waals surface area contributed by atoms with Crippen molar-refractivity contribution >= 4 is 27.7 Å². The van der Waals surface area contributed by atoms with E-state index in [-0.39, 0.29) is 19.0 Å². The van der Waals surface area contributed by atoms with Gasteiger partial charge in [0.15, 0.2) is 0 Å². The van der Waals surface area contributed by atoms with E-state index in [0.717, 1.165) is 31.5 Å². The lowest BCUT2D eigenvalue weighted by Gasteiger charge is -2.36. The highest BCUT2D eigenvalue weighted by atomic mass is 35.5. The molecule has 144 valence electrons. The second kappa shape index (κ2) is 8.25. The second-order valence-electron chi connectivity index (χ2n) is 7.25. The van der Waals surface area contributed by atoms with Gasteiger partial charge in [0.1, 0.15) is 0 Å². The van der Waals surface area contributed by atoms with Crippen molar-refractivity contribution in [1.29, 1.82) is 0 Å². The fourth-order valence-electron chi connectivity index (χ4n) is 3.64. The van der Waals surface area contributed by atoms with Gasteiger partial charge in [0.25, 0.3) is 10.2 Å². The Kier molecular flexibility index (Phi) is 6.22. The first-order valence-electron chi connectivity index (χ1n) is 9.13. The molecule has 0 saturated carbocycles. The summed E-state index contributed by atoms with van der Waals surface area (Å²) in [7, 11) is -3.65. The molecule has 3 rings (SSSR count). The molecule has 1 aromatic carbocycles. The standard InChI is InChI=1S/C18H26ClN3O3S/c1-15-5-3-8-20(12-15)18(23)14-22-10-4-9-21(26(22,24)25)13-16-6-2-7-17(19)11-16/h2,6-7,11,15H,3-5,8-10,12-14H2,1H3. The van der Waals surface area contributed by atoms with Gasteiger partial charge in [-0.15, -0.1) is 0 Å². The average Bonchev–Trinajstić information content (AvgIpc) is 2.58. The molecule has 0 spiro atoms. The Bertz CT molecular complexity index is 756. The van der Waals surface area contributed by atoms with E-state index in [9.17, 15) is 13.2 Å². The Morgan fingerprint density at radius 1 is 1.19 bits per heavy atom. The molecule has 6 nitrogen and oxygen atoms in total. The van der Waals surface area contributed by atoms with Crippen LogP contribution in [-0.2, 0) is 21.5 Å². The summed E-state index contributed by atoms with van der Waals surface area (Å²) in [6.07, 6.45) is 2.82. The van der Waals surface area contributed by atoms with Crippen molar-refractivity contribution in [3.05, 3.63) is 34.9 Å². The third-order valence-electron chi connectivity index (χ3n) is 5.04. The molecule has 26 heavy (non-hydrogen) atoms. The van der Waals surface area contributed by atoms with E-state index >= 15 is 0 Å². The maximum atomic E-state index is 12.9. The lowest BCUT2D eigenvalue weighted by Crippen LogP contribution is -2.53. The largest absolute Gasteiger partial charge is 0.341 e. The maximum absolute atomic E-state index is 12.9. The normalized spacial score (nSPS) is 24.5. The van der Waals surface area contributed by atoms with Crippen LogP contribution in [-0.4, -0.2) is 60.6 Å². The van der Waals surface area contributed by atoms with Crippen molar-refractivity contribution in [3.63, 3.8) is 0 Å². The van der Waals surface area contributed by atoms with E-state index in [1.807, 2.05) is 12.1 Å². The van der Waals surface area contributed by atoms with Crippen LogP contribution in [0.25, 0.3) is 0 Å². The highest BCUT2D eigenvalue weighted by Crippen LogP contribution is 2.22. The summed E-state index contributed by atoms with van der Waals surface area (Å²) in [6, 6.07) is 7.21. The van der Waals surface area contributed by atoms with Gasteiger partial charge in [-0.2, -0.15) is 17.0 Å². The van der Waals surface area contributed by atoms with Crippen molar-refractivity contribution in [1.82, 2.24) is 13.5 Å². The molecule has 2 fully saturated rings. The zero-order chi connectivity index (χ0) is 18.7. The molecule has 1 atom stereocenters. The zero-order valence-corrected chi connectivity index (χ0v) is 16.7. The number of amides is 1. The van der Waals surface area contributed by atoms with E-state index < -0.39 is 10.2 Å². The van der Waals surface area contributed by atoms with Crippen molar-refractivity contribution in [2.75, 3.05) is 32.7 Å². The number of piperidine rings is 1. The molecule has 0 N–H and O–H groups in total. The number of carbonyl (C=O) groups excluding carboxylic acids is 1. The highest BCUT2D eigenvalue weighted by molar-refractivity contribution is 7.86. The quantitative estimate of drug-likeness (QED) is 0.780. The molecule has 0 aliphatic carbocycles. The summed E-state index contributed by atoms with van der Waals surface area (Å²) >= 11 is 6.00. The number of rotatable bonds is 4. The van der Waals surface area contributed by atoms with E-state index in [4.69, 9.17) is 11.6 Å². The first-order chi connectivity index (χ1) is 12.4. The van der Waals surface area contributed by atoms with Crippen molar-refractivity contribution in [3.8, 4) is 0 Å². The van der Waals surface area contributed by atoms with Gasteiger partial charge in [-0.1, -0.05) is 30.7 Å². The van der Waals surface area contributed by atoms with Crippen LogP contribution < -0.4 is 0 Å². The van der Waals surface area contributed by atoms with Crippen LogP contribution in [0.5, 0.6) is 0 Å². The number of hydrogen-bond acceptors (Lipinski definition) is 3. The highest BCUT2D eigenvalue weighted by Gasteiger charge is 2.36. The molecule has 8 heteroatoms. The van der Waals surface area contributed by atoms with Crippen LogP contribution in [0.15, 0.2) is 24.3 Å². The van der Waals surface area contributed by atoms with Gasteiger partial charge < -0.3 is 4.90 Å². The van der Waals surface area contributed by atoms with Crippen LogP contribution in [0.2, 0.25) is 5.02 Å². The van der Waals surface area contributed by atoms with Gasteiger partial charge in [0.2, 0.25) is 5.91 Å². The minimum absolute atomic E-state index is 0.0684. The van der Waals surface area contributed by atoms with Gasteiger partial charge in [-0.25, -0.2) is 0 Å². The summed E-state index contributed by atoms with van der Waals surface area (Å²) in [5.74, 6) is 0.384. The Balaban J connectivity index is 1.67. The van der Waals surface area contributed by atoms with E-state index in [1.165, 1.54) is 8.61 Å². The van der Waals surface area contributed by atoms with E-state index in [0.29, 0.717) is 30.5 Å². The molecule has 1 amide bonds. The molecule has 2 heterocycles. The topological polar surface area (TPSA) is 60.9 Å². The Morgan fingerprint density at radius 3 is 2.69 bits per heavy atom. The molecule has 1 unspecified atom stereocenters. The SMILES string of the molecule is CC1CCCN(C(=O)CN2CCCN(Cc3cccc(Cl)c3)S2(=O)=O)C1. The monoisotopic (exact) mass is 399 g/mol. The van der Waals surface area contributed by atoms with Crippen molar-refractivity contribution in [2.24, 2.45) is 5.92 Å². The molecule has 0 aromatic heterocycles. The van der Waals surface area contributed by atoms with Crippen LogP contribution in [0.3, 0.4) is 0 Å². The summed E-state index contributed by atoms with van der Waals surface area (Å²) in [5, 5.41) is 0.586. The van der Waals surface area contributed by atoms with Crippen LogP contribution in [0.1, 0.15) is 31.7 Å². The maximum Gasteiger partial charge on any atom is 0.282 e. The molecular formula is C18H26ClN3O3S.